The summed E-state index contributed by atoms with van der Waals surface area (Å²) in [6, 6.07) is 19.6. The van der Waals surface area contributed by atoms with E-state index in [-0.39, 0.29) is 18.0 Å². The molecule has 2 aliphatic rings. The topological polar surface area (TPSA) is 83.0 Å². The van der Waals surface area contributed by atoms with Gasteiger partial charge in [0.15, 0.2) is 5.84 Å². The van der Waals surface area contributed by atoms with Crippen molar-refractivity contribution in [3.63, 3.8) is 0 Å². The van der Waals surface area contributed by atoms with E-state index in [9.17, 15) is 4.79 Å². The van der Waals surface area contributed by atoms with Gasteiger partial charge in [-0.3, -0.25) is 10.2 Å². The minimum Gasteiger partial charge on any atom is -0.487 e. The number of hydrazone groups is 1. The molecule has 1 amide bonds. The number of amides is 1. The van der Waals surface area contributed by atoms with Crippen LogP contribution in [0.2, 0.25) is 0 Å². The Morgan fingerprint density at radius 1 is 1.06 bits per heavy atom. The Hall–Kier alpha value is -3.91. The van der Waals surface area contributed by atoms with E-state index in [0.717, 1.165) is 34.0 Å². The van der Waals surface area contributed by atoms with Crippen LogP contribution in [0.3, 0.4) is 0 Å². The third-order valence-electron chi connectivity index (χ3n) is 5.73. The summed E-state index contributed by atoms with van der Waals surface area (Å²) in [5, 5.41) is 15.5. The Morgan fingerprint density at radius 3 is 2.56 bits per heavy atom. The summed E-state index contributed by atoms with van der Waals surface area (Å²) in [6.45, 7) is 6.36. The first-order chi connectivity index (χ1) is 16.4. The lowest BCUT2D eigenvalue weighted by Crippen LogP contribution is -2.35. The third-order valence-corrected chi connectivity index (χ3v) is 6.61. The van der Waals surface area contributed by atoms with Crippen LogP contribution in [0.25, 0.3) is 11.8 Å². The number of ether oxygens (including phenoxy) is 1. The van der Waals surface area contributed by atoms with Crippen molar-refractivity contribution in [2.24, 2.45) is 10.1 Å². The number of nitrogens with one attached hydrogen (secondary N) is 1. The van der Waals surface area contributed by atoms with Crippen LogP contribution in [0.1, 0.15) is 22.5 Å². The smallest absolute Gasteiger partial charge is 0.283 e. The van der Waals surface area contributed by atoms with Gasteiger partial charge in [0.2, 0.25) is 5.17 Å². The Morgan fingerprint density at radius 2 is 1.79 bits per heavy atom. The van der Waals surface area contributed by atoms with Gasteiger partial charge in [0.25, 0.3) is 5.91 Å². The summed E-state index contributed by atoms with van der Waals surface area (Å²) in [4.78, 5) is 17.0. The van der Waals surface area contributed by atoms with Crippen molar-refractivity contribution in [3.05, 3.63) is 88.8 Å². The van der Waals surface area contributed by atoms with Gasteiger partial charge >= 0.3 is 0 Å². The highest BCUT2D eigenvalue weighted by molar-refractivity contribution is 8.27. The molecule has 0 aliphatic carbocycles. The van der Waals surface area contributed by atoms with Crippen molar-refractivity contribution in [3.8, 4) is 11.4 Å². The molecule has 0 spiro atoms. The number of carbonyl (C=O) groups is 1. The van der Waals surface area contributed by atoms with Crippen LogP contribution in [0.5, 0.6) is 5.75 Å². The standard InChI is InChI=1S/C26H23N5O2S/c1-16-9-7-8-12-22(16)30-17(2)13-19(18(30)3)14-21-24(27)31-26(28-25(21)32)34-23(29-31)15-33-20-10-5-4-6-11-20/h4-14,27H,15H2,1-3H3/b21-14-,27-24?. The van der Waals surface area contributed by atoms with E-state index < -0.39 is 5.91 Å². The summed E-state index contributed by atoms with van der Waals surface area (Å²) < 4.78 is 7.92. The maximum absolute atomic E-state index is 12.8. The number of para-hydroxylation sites is 2. The monoisotopic (exact) mass is 469 g/mol. The number of amidine groups is 2. The molecule has 5 rings (SSSR count). The normalized spacial score (nSPS) is 16.6. The second kappa shape index (κ2) is 8.79. The molecule has 170 valence electrons. The van der Waals surface area contributed by atoms with Gasteiger partial charge in [-0.05, 0) is 74.0 Å². The molecule has 0 unspecified atom stereocenters. The van der Waals surface area contributed by atoms with Crippen LogP contribution in [0, 0.1) is 26.2 Å². The van der Waals surface area contributed by atoms with Gasteiger partial charge in [0.1, 0.15) is 17.4 Å². The molecule has 2 aromatic carbocycles. The van der Waals surface area contributed by atoms with E-state index in [4.69, 9.17) is 10.1 Å². The molecule has 0 fully saturated rings. The maximum atomic E-state index is 12.8. The van der Waals surface area contributed by atoms with Gasteiger partial charge in [-0.2, -0.15) is 15.1 Å². The lowest BCUT2D eigenvalue weighted by atomic mass is 10.1. The average molecular weight is 470 g/mol. The van der Waals surface area contributed by atoms with E-state index in [1.54, 1.807) is 6.08 Å². The minimum absolute atomic E-state index is 0.0119. The van der Waals surface area contributed by atoms with Crippen molar-refractivity contribution in [2.45, 2.75) is 20.8 Å². The number of hydrogen-bond donors (Lipinski definition) is 1. The number of aromatic nitrogens is 1. The molecule has 0 bridgehead atoms. The fraction of sp³-hybridized carbons (Fsp3) is 0.154. The van der Waals surface area contributed by atoms with Gasteiger partial charge in [0, 0.05) is 17.1 Å². The lowest BCUT2D eigenvalue weighted by molar-refractivity contribution is -0.114. The van der Waals surface area contributed by atoms with Crippen LogP contribution >= 0.6 is 11.8 Å². The largest absolute Gasteiger partial charge is 0.487 e. The molecule has 0 saturated carbocycles. The van der Waals surface area contributed by atoms with Crippen molar-refractivity contribution >= 4 is 39.8 Å². The Bertz CT molecular complexity index is 1400. The molecule has 0 saturated heterocycles. The first-order valence-electron chi connectivity index (χ1n) is 10.8. The molecule has 0 radical (unpaired) electrons. The second-order valence-electron chi connectivity index (χ2n) is 8.06. The van der Waals surface area contributed by atoms with Crippen LogP contribution in [-0.2, 0) is 4.79 Å². The summed E-state index contributed by atoms with van der Waals surface area (Å²) in [5.74, 6) is 0.302. The fourth-order valence-electron chi connectivity index (χ4n) is 4.03. The third kappa shape index (κ3) is 3.97. The summed E-state index contributed by atoms with van der Waals surface area (Å²) in [6.07, 6.45) is 1.74. The summed E-state index contributed by atoms with van der Waals surface area (Å²) >= 11 is 1.25. The number of thioether (sulfide) groups is 1. The molecule has 7 nitrogen and oxygen atoms in total. The molecule has 8 heteroatoms. The molecule has 34 heavy (non-hydrogen) atoms. The highest BCUT2D eigenvalue weighted by Gasteiger charge is 2.36. The van der Waals surface area contributed by atoms with Crippen molar-refractivity contribution in [1.29, 1.82) is 5.41 Å². The number of fused-ring (bicyclic) bond motifs is 1. The average Bonchev–Trinajstić information content (AvgIpc) is 3.36. The number of aryl methyl sites for hydroxylation is 2. The summed E-state index contributed by atoms with van der Waals surface area (Å²) in [5.41, 5.74) is 5.38. The lowest BCUT2D eigenvalue weighted by Gasteiger charge is -2.20. The maximum Gasteiger partial charge on any atom is 0.283 e. The Kier molecular flexibility index (Phi) is 5.67. The van der Waals surface area contributed by atoms with E-state index in [1.807, 2.05) is 62.4 Å². The van der Waals surface area contributed by atoms with Gasteiger partial charge < -0.3 is 9.30 Å². The Balaban J connectivity index is 1.42. The zero-order valence-corrected chi connectivity index (χ0v) is 19.9. The summed E-state index contributed by atoms with van der Waals surface area (Å²) in [7, 11) is 0. The fourth-order valence-corrected chi connectivity index (χ4v) is 4.82. The van der Waals surface area contributed by atoms with E-state index in [0.29, 0.717) is 10.2 Å². The first-order valence-corrected chi connectivity index (χ1v) is 11.7. The quantitative estimate of drug-likeness (QED) is 0.527. The molecule has 3 aromatic rings. The predicted octanol–water partition coefficient (Wildman–Crippen LogP) is 5.10. The van der Waals surface area contributed by atoms with Crippen LogP contribution in [0.15, 0.2) is 76.3 Å². The number of nitrogens with zero attached hydrogens (tertiary/aromatic N) is 4. The van der Waals surface area contributed by atoms with E-state index in [1.165, 1.54) is 16.8 Å². The number of carbonyl (C=O) groups excluding carboxylic acids is 1. The van der Waals surface area contributed by atoms with Crippen LogP contribution < -0.4 is 4.74 Å². The van der Waals surface area contributed by atoms with Crippen molar-refractivity contribution in [1.82, 2.24) is 9.58 Å². The van der Waals surface area contributed by atoms with E-state index in [2.05, 4.69) is 33.7 Å². The SMILES string of the molecule is Cc1ccccc1-n1c(C)cc(/C=C2/C(=N)N3N=C(COc4ccccc4)SC3=NC2=O)c1C. The van der Waals surface area contributed by atoms with Crippen LogP contribution in [0.4, 0.5) is 0 Å². The number of benzene rings is 2. The Labute approximate surface area is 202 Å². The zero-order chi connectivity index (χ0) is 23.8. The van der Waals surface area contributed by atoms with Gasteiger partial charge in [-0.1, -0.05) is 36.4 Å². The van der Waals surface area contributed by atoms with Gasteiger partial charge in [-0.15, -0.1) is 0 Å². The highest BCUT2D eigenvalue weighted by atomic mass is 32.2. The van der Waals surface area contributed by atoms with Gasteiger partial charge in [0.05, 0.1) is 5.57 Å². The zero-order valence-electron chi connectivity index (χ0n) is 19.1. The van der Waals surface area contributed by atoms with Crippen molar-refractivity contribution in [2.75, 3.05) is 6.61 Å². The molecule has 3 heterocycles. The number of hydrogen-bond acceptors (Lipinski definition) is 5. The second-order valence-corrected chi connectivity index (χ2v) is 9.10. The molecular weight excluding hydrogens is 446 g/mol. The van der Waals surface area contributed by atoms with Gasteiger partial charge in [-0.25, -0.2) is 0 Å². The molecule has 2 aliphatic heterocycles. The number of rotatable bonds is 5. The highest BCUT2D eigenvalue weighted by Crippen LogP contribution is 2.30. The van der Waals surface area contributed by atoms with Crippen LogP contribution in [-0.4, -0.2) is 38.1 Å². The van der Waals surface area contributed by atoms with E-state index >= 15 is 0 Å². The first kappa shape index (κ1) is 21.9. The molecule has 1 aromatic heterocycles. The number of aliphatic imine (C=N–C) groups is 1. The molecular formula is C26H23N5O2S. The minimum atomic E-state index is -0.440. The molecule has 1 N–H and O–H groups in total. The predicted molar refractivity (Wildman–Crippen MR) is 137 cm³/mol. The van der Waals surface area contributed by atoms with Crippen molar-refractivity contribution < 1.29 is 9.53 Å². The molecule has 0 atom stereocenters.